The van der Waals surface area contributed by atoms with Crippen LogP contribution in [0, 0.1) is 17.7 Å². The van der Waals surface area contributed by atoms with E-state index < -0.39 is 5.82 Å². The van der Waals surface area contributed by atoms with Gasteiger partial charge in [-0.25, -0.2) is 9.18 Å². The summed E-state index contributed by atoms with van der Waals surface area (Å²) in [5, 5.41) is 2.65. The third-order valence-corrected chi connectivity index (χ3v) is 3.98. The van der Waals surface area contributed by atoms with Crippen molar-refractivity contribution in [3.05, 3.63) is 30.1 Å². The normalized spacial score (nSPS) is 15.4. The summed E-state index contributed by atoms with van der Waals surface area (Å²) in [6.45, 7) is 12.4. The smallest absolute Gasteiger partial charge is 0.321 e. The zero-order chi connectivity index (χ0) is 17.0. The third-order valence-electron chi connectivity index (χ3n) is 3.98. The minimum atomic E-state index is -0.404. The zero-order valence-electron chi connectivity index (χ0n) is 14.6. The van der Waals surface area contributed by atoms with Gasteiger partial charge < -0.3 is 10.2 Å². The number of halogens is 1. The Morgan fingerprint density at radius 3 is 2.30 bits per heavy atom. The number of hydrogen-bond acceptors (Lipinski definition) is 2. The van der Waals surface area contributed by atoms with Gasteiger partial charge in [0.15, 0.2) is 0 Å². The van der Waals surface area contributed by atoms with E-state index in [2.05, 4.69) is 37.9 Å². The van der Waals surface area contributed by atoms with Crippen LogP contribution in [-0.4, -0.2) is 48.1 Å². The Morgan fingerprint density at radius 1 is 1.22 bits per heavy atom. The molecule has 1 N–H and O–H groups in total. The van der Waals surface area contributed by atoms with Crippen molar-refractivity contribution < 1.29 is 9.18 Å². The fraction of sp³-hybridized carbons (Fsp3) is 0.611. The largest absolute Gasteiger partial charge is 0.322 e. The van der Waals surface area contributed by atoms with Gasteiger partial charge >= 0.3 is 6.03 Å². The second-order valence-electron chi connectivity index (χ2n) is 7.21. The number of rotatable bonds is 6. The zero-order valence-corrected chi connectivity index (χ0v) is 14.6. The van der Waals surface area contributed by atoms with Gasteiger partial charge in [-0.05, 0) is 24.0 Å². The fourth-order valence-electron chi connectivity index (χ4n) is 2.92. The number of anilines is 1. The number of nitrogens with one attached hydrogen (secondary N) is 1. The highest BCUT2D eigenvalue weighted by Gasteiger charge is 2.35. The van der Waals surface area contributed by atoms with E-state index in [-0.39, 0.29) is 11.7 Å². The molecule has 128 valence electrons. The molecule has 0 spiro atoms. The van der Waals surface area contributed by atoms with Crippen LogP contribution in [0.1, 0.15) is 27.7 Å². The maximum atomic E-state index is 13.6. The second kappa shape index (κ2) is 7.77. The summed E-state index contributed by atoms with van der Waals surface area (Å²) in [7, 11) is 0. The maximum absolute atomic E-state index is 13.6. The molecule has 0 bridgehead atoms. The number of nitrogens with zero attached hydrogens (tertiary/aromatic N) is 2. The van der Waals surface area contributed by atoms with E-state index in [1.165, 1.54) is 6.07 Å². The molecule has 23 heavy (non-hydrogen) atoms. The molecule has 1 aromatic carbocycles. The molecular formula is C18H28FN3O. The van der Waals surface area contributed by atoms with E-state index in [0.717, 1.165) is 13.1 Å². The molecule has 1 heterocycles. The van der Waals surface area contributed by atoms with Gasteiger partial charge in [0.1, 0.15) is 5.82 Å². The number of carbonyl (C=O) groups is 1. The van der Waals surface area contributed by atoms with Gasteiger partial charge in [-0.3, -0.25) is 4.90 Å². The Bertz CT molecular complexity index is 517. The van der Waals surface area contributed by atoms with Crippen molar-refractivity contribution in [2.75, 3.05) is 31.5 Å². The molecule has 4 nitrogen and oxygen atoms in total. The van der Waals surface area contributed by atoms with Crippen molar-refractivity contribution >= 4 is 11.7 Å². The number of hydrogen-bond donors (Lipinski definition) is 1. The summed E-state index contributed by atoms with van der Waals surface area (Å²) >= 11 is 0. The molecule has 0 aliphatic carbocycles. The van der Waals surface area contributed by atoms with Gasteiger partial charge in [0.25, 0.3) is 0 Å². The van der Waals surface area contributed by atoms with Crippen LogP contribution in [0.25, 0.3) is 0 Å². The fourth-order valence-corrected chi connectivity index (χ4v) is 2.92. The van der Waals surface area contributed by atoms with Crippen molar-refractivity contribution in [3.8, 4) is 0 Å². The van der Waals surface area contributed by atoms with E-state index in [1.54, 1.807) is 23.1 Å². The van der Waals surface area contributed by atoms with Crippen molar-refractivity contribution in [3.63, 3.8) is 0 Å². The summed E-state index contributed by atoms with van der Waals surface area (Å²) in [6, 6.07) is 6.44. The lowest BCUT2D eigenvalue weighted by atomic mass is 10.0. The molecule has 0 atom stereocenters. The van der Waals surface area contributed by atoms with E-state index in [0.29, 0.717) is 31.0 Å². The molecule has 1 saturated heterocycles. The molecule has 2 amide bonds. The number of likely N-dealkylation sites (tertiary alicyclic amines) is 1. The van der Waals surface area contributed by atoms with Crippen LogP contribution in [0.2, 0.25) is 0 Å². The molecule has 0 unspecified atom stereocenters. The van der Waals surface area contributed by atoms with Crippen molar-refractivity contribution in [1.29, 1.82) is 0 Å². The summed E-state index contributed by atoms with van der Waals surface area (Å²) in [6.07, 6.45) is 0. The minimum Gasteiger partial charge on any atom is -0.321 e. The highest BCUT2D eigenvalue weighted by Crippen LogP contribution is 2.20. The standard InChI is InChI=1S/C18H28FN3O/c1-13(2)9-21(10-14(3)4)15-11-22(12-15)18(23)20-17-8-6-5-7-16(17)19/h5-8,13-15H,9-12H2,1-4H3,(H,20,23). The van der Waals surface area contributed by atoms with Gasteiger partial charge in [-0.2, -0.15) is 0 Å². The molecule has 0 radical (unpaired) electrons. The van der Waals surface area contributed by atoms with Crippen molar-refractivity contribution in [2.45, 2.75) is 33.7 Å². The van der Waals surface area contributed by atoms with Crippen molar-refractivity contribution in [2.24, 2.45) is 11.8 Å². The molecule has 1 aliphatic heterocycles. The lowest BCUT2D eigenvalue weighted by molar-refractivity contribution is 0.0464. The Kier molecular flexibility index (Phi) is 5.99. The van der Waals surface area contributed by atoms with Gasteiger partial charge in [0.05, 0.1) is 5.69 Å². The molecule has 1 fully saturated rings. The number of benzene rings is 1. The van der Waals surface area contributed by atoms with Crippen LogP contribution in [-0.2, 0) is 0 Å². The summed E-state index contributed by atoms with van der Waals surface area (Å²) in [5.74, 6) is 0.809. The Hall–Kier alpha value is -1.62. The maximum Gasteiger partial charge on any atom is 0.322 e. The van der Waals surface area contributed by atoms with E-state index in [1.807, 2.05) is 0 Å². The molecule has 5 heteroatoms. The Morgan fingerprint density at radius 2 is 1.78 bits per heavy atom. The van der Waals surface area contributed by atoms with Crippen LogP contribution in [0.4, 0.5) is 14.9 Å². The third kappa shape index (κ3) is 4.93. The summed E-state index contributed by atoms with van der Waals surface area (Å²) < 4.78 is 13.6. The van der Waals surface area contributed by atoms with Crippen LogP contribution < -0.4 is 5.32 Å². The lowest BCUT2D eigenvalue weighted by Gasteiger charge is -2.46. The molecule has 1 aliphatic rings. The first-order chi connectivity index (χ1) is 10.9. The molecule has 2 rings (SSSR count). The Balaban J connectivity index is 1.86. The molecule has 0 saturated carbocycles. The number of para-hydroxylation sites is 1. The Labute approximate surface area is 138 Å². The van der Waals surface area contributed by atoms with E-state index in [9.17, 15) is 9.18 Å². The monoisotopic (exact) mass is 321 g/mol. The lowest BCUT2D eigenvalue weighted by Crippen LogP contribution is -2.62. The minimum absolute atomic E-state index is 0.222. The quantitative estimate of drug-likeness (QED) is 0.868. The topological polar surface area (TPSA) is 35.6 Å². The van der Waals surface area contributed by atoms with Crippen molar-refractivity contribution in [1.82, 2.24) is 9.80 Å². The van der Waals surface area contributed by atoms with Gasteiger partial charge in [0.2, 0.25) is 0 Å². The van der Waals surface area contributed by atoms with Crippen LogP contribution >= 0.6 is 0 Å². The molecule has 0 aromatic heterocycles. The van der Waals surface area contributed by atoms with Crippen LogP contribution in [0.3, 0.4) is 0 Å². The van der Waals surface area contributed by atoms with Crippen LogP contribution in [0.15, 0.2) is 24.3 Å². The predicted octanol–water partition coefficient (Wildman–Crippen LogP) is 3.66. The highest BCUT2D eigenvalue weighted by atomic mass is 19.1. The van der Waals surface area contributed by atoms with Gasteiger partial charge in [-0.15, -0.1) is 0 Å². The SMILES string of the molecule is CC(C)CN(CC(C)C)C1CN(C(=O)Nc2ccccc2F)C1. The average molecular weight is 321 g/mol. The number of urea groups is 1. The summed E-state index contributed by atoms with van der Waals surface area (Å²) in [4.78, 5) is 16.4. The number of amides is 2. The highest BCUT2D eigenvalue weighted by molar-refractivity contribution is 5.90. The first kappa shape index (κ1) is 17.7. The molecule has 1 aromatic rings. The van der Waals surface area contributed by atoms with E-state index in [4.69, 9.17) is 0 Å². The van der Waals surface area contributed by atoms with Crippen LogP contribution in [0.5, 0.6) is 0 Å². The molecular weight excluding hydrogens is 293 g/mol. The first-order valence-electron chi connectivity index (χ1n) is 8.41. The summed E-state index contributed by atoms with van der Waals surface area (Å²) in [5.41, 5.74) is 0.238. The second-order valence-corrected chi connectivity index (χ2v) is 7.21. The average Bonchev–Trinajstić information content (AvgIpc) is 2.38. The van der Waals surface area contributed by atoms with Gasteiger partial charge in [-0.1, -0.05) is 39.8 Å². The van der Waals surface area contributed by atoms with Gasteiger partial charge in [0, 0.05) is 32.2 Å². The number of carbonyl (C=O) groups excluding carboxylic acids is 1. The van der Waals surface area contributed by atoms with E-state index >= 15 is 0 Å². The predicted molar refractivity (Wildman–Crippen MR) is 92.0 cm³/mol. The first-order valence-corrected chi connectivity index (χ1v) is 8.41.